The molecule has 8 nitrogen and oxygen atoms in total. The lowest BCUT2D eigenvalue weighted by Gasteiger charge is -2.19. The zero-order valence-corrected chi connectivity index (χ0v) is 18.7. The van der Waals surface area contributed by atoms with E-state index in [0.29, 0.717) is 35.1 Å². The van der Waals surface area contributed by atoms with Crippen molar-refractivity contribution in [1.29, 1.82) is 0 Å². The number of halogens is 1. The minimum atomic E-state index is -0.506. The van der Waals surface area contributed by atoms with Gasteiger partial charge in [0.05, 0.1) is 24.5 Å². The van der Waals surface area contributed by atoms with Crippen LogP contribution in [0.25, 0.3) is 0 Å². The molecule has 3 unspecified atom stereocenters. The lowest BCUT2D eigenvalue weighted by atomic mass is 10.0. The van der Waals surface area contributed by atoms with Gasteiger partial charge in [0.15, 0.2) is 5.82 Å². The van der Waals surface area contributed by atoms with Crippen molar-refractivity contribution < 1.29 is 5.11 Å². The highest BCUT2D eigenvalue weighted by molar-refractivity contribution is 7.97. The zero-order chi connectivity index (χ0) is 21.1. The summed E-state index contributed by atoms with van der Waals surface area (Å²) in [4.78, 5) is 12.9. The largest absolute Gasteiger partial charge is 0.403 e. The molecule has 30 heavy (non-hydrogen) atoms. The van der Waals surface area contributed by atoms with Gasteiger partial charge in [0.25, 0.3) is 0 Å². The van der Waals surface area contributed by atoms with Crippen LogP contribution < -0.4 is 16.4 Å². The molecule has 5 N–H and O–H groups in total. The van der Waals surface area contributed by atoms with Crippen LogP contribution in [0.2, 0.25) is 5.02 Å². The van der Waals surface area contributed by atoms with Gasteiger partial charge in [-0.25, -0.2) is 9.29 Å². The monoisotopic (exact) mass is 451 g/mol. The molecule has 2 saturated carbocycles. The molecule has 0 amide bonds. The van der Waals surface area contributed by atoms with Crippen LogP contribution in [0.3, 0.4) is 0 Å². The molecule has 3 atom stereocenters. The third-order valence-corrected chi connectivity index (χ3v) is 7.30. The van der Waals surface area contributed by atoms with Crippen LogP contribution in [0.15, 0.2) is 23.1 Å². The topological polar surface area (TPSA) is 112 Å². The predicted octanol–water partition coefficient (Wildman–Crippen LogP) is 2.73. The number of aromatic nitrogens is 2. The molecule has 4 rings (SSSR count). The van der Waals surface area contributed by atoms with Crippen molar-refractivity contribution in [3.8, 4) is 0 Å². The molecule has 10 heteroatoms. The molecule has 1 aromatic rings. The quantitative estimate of drug-likeness (QED) is 0.335. The lowest BCUT2D eigenvalue weighted by molar-refractivity contribution is 0.204. The highest BCUT2D eigenvalue weighted by atomic mass is 35.5. The second-order valence-electron chi connectivity index (χ2n) is 8.46. The molecule has 2 aliphatic carbocycles. The van der Waals surface area contributed by atoms with Crippen molar-refractivity contribution in [2.75, 3.05) is 30.3 Å². The molecule has 0 spiro atoms. The van der Waals surface area contributed by atoms with Crippen molar-refractivity contribution >= 4 is 41.5 Å². The Balaban J connectivity index is 1.32. The van der Waals surface area contributed by atoms with Gasteiger partial charge in [0, 0.05) is 36.8 Å². The summed E-state index contributed by atoms with van der Waals surface area (Å²) in [6, 6.07) is 0.380. The average Bonchev–Trinajstić information content (AvgIpc) is 3.32. The van der Waals surface area contributed by atoms with E-state index in [9.17, 15) is 5.11 Å². The van der Waals surface area contributed by atoms with E-state index >= 15 is 0 Å². The van der Waals surface area contributed by atoms with Crippen LogP contribution in [0.5, 0.6) is 0 Å². The van der Waals surface area contributed by atoms with Gasteiger partial charge in [-0.1, -0.05) is 23.5 Å². The fourth-order valence-corrected chi connectivity index (χ4v) is 5.59. The van der Waals surface area contributed by atoms with E-state index in [2.05, 4.69) is 41.8 Å². The molecule has 0 bridgehead atoms. The molecule has 1 aromatic heterocycles. The van der Waals surface area contributed by atoms with Crippen LogP contribution in [-0.4, -0.2) is 62.6 Å². The van der Waals surface area contributed by atoms with Crippen LogP contribution in [-0.2, 0) is 0 Å². The number of hydrogen-bond acceptors (Lipinski definition) is 9. The summed E-state index contributed by atoms with van der Waals surface area (Å²) < 4.78 is 2.59. The lowest BCUT2D eigenvalue weighted by Crippen LogP contribution is -2.22. The van der Waals surface area contributed by atoms with Crippen molar-refractivity contribution in [2.24, 2.45) is 22.6 Å². The van der Waals surface area contributed by atoms with Gasteiger partial charge in [0.2, 0.25) is 5.95 Å². The third kappa shape index (κ3) is 5.78. The molecule has 1 saturated heterocycles. The summed E-state index contributed by atoms with van der Waals surface area (Å²) >= 11 is 8.43. The van der Waals surface area contributed by atoms with Gasteiger partial charge in [-0.15, -0.1) is 0 Å². The van der Waals surface area contributed by atoms with E-state index in [1.165, 1.54) is 32.1 Å². The van der Waals surface area contributed by atoms with E-state index in [0.717, 1.165) is 29.9 Å². The second-order valence-corrected chi connectivity index (χ2v) is 10.3. The Morgan fingerprint density at radius 2 is 2.17 bits per heavy atom. The summed E-state index contributed by atoms with van der Waals surface area (Å²) in [5, 5.41) is 17.3. The Morgan fingerprint density at radius 3 is 2.80 bits per heavy atom. The smallest absolute Gasteiger partial charge is 0.229 e. The highest BCUT2D eigenvalue weighted by Crippen LogP contribution is 2.45. The first-order valence-corrected chi connectivity index (χ1v) is 11.8. The first kappa shape index (κ1) is 21.7. The van der Waals surface area contributed by atoms with Crippen molar-refractivity contribution in [2.45, 2.75) is 50.0 Å². The number of hydrogen-bond donors (Lipinski definition) is 4. The number of anilines is 2. The van der Waals surface area contributed by atoms with Gasteiger partial charge < -0.3 is 21.5 Å². The molecule has 164 valence electrons. The fourth-order valence-electron chi connectivity index (χ4n) is 4.12. The van der Waals surface area contributed by atoms with E-state index in [1.807, 2.05) is 0 Å². The molecule has 1 aliphatic heterocycles. The first-order chi connectivity index (χ1) is 14.5. The van der Waals surface area contributed by atoms with Crippen LogP contribution in [0.1, 0.15) is 32.6 Å². The molecule has 3 fully saturated rings. The molecular weight excluding hydrogens is 422 g/mol. The Labute approximate surface area is 186 Å². The van der Waals surface area contributed by atoms with E-state index in [-0.39, 0.29) is 0 Å². The number of nitrogens with two attached hydrogens (primary N) is 1. The highest BCUT2D eigenvalue weighted by Gasteiger charge is 2.42. The summed E-state index contributed by atoms with van der Waals surface area (Å²) in [6.07, 6.45) is 9.09. The Kier molecular flexibility index (Phi) is 7.02. The maximum Gasteiger partial charge on any atom is 0.229 e. The number of fused-ring (bicyclic) bond motifs is 1. The number of nitrogens with one attached hydrogen (secondary N) is 2. The minimum absolute atomic E-state index is 0.300. The number of aliphatic imine (C=N–C) groups is 1. The minimum Gasteiger partial charge on any atom is -0.403 e. The van der Waals surface area contributed by atoms with Gasteiger partial charge >= 0.3 is 0 Å². The number of allylic oxidation sites excluding steroid dienone is 1. The predicted molar refractivity (Wildman–Crippen MR) is 124 cm³/mol. The van der Waals surface area contributed by atoms with E-state index in [4.69, 9.17) is 17.3 Å². The standard InChI is InChI=1S/C20H30ClN7OS/c1-12(29)7-23-8-16(6-22)26-20-24-9-18(21)19(27-20)25-15-4-13-10-28(11-14(13)5-15)30-17-2-3-17/h6,8-9,12-15,17,29H,2-5,7,10-11,22H2,1H3,(H2,24,25,26,27). The second kappa shape index (κ2) is 9.72. The first-order valence-electron chi connectivity index (χ1n) is 10.6. The van der Waals surface area contributed by atoms with Crippen LogP contribution >= 0.6 is 23.5 Å². The molecular formula is C20H30ClN7OS. The van der Waals surface area contributed by atoms with Crippen molar-refractivity contribution in [1.82, 2.24) is 14.3 Å². The normalized spacial score (nSPS) is 28.1. The molecule has 0 radical (unpaired) electrons. The fraction of sp³-hybridized carbons (Fsp3) is 0.650. The summed E-state index contributed by atoms with van der Waals surface area (Å²) in [5.74, 6) is 2.54. The summed E-state index contributed by atoms with van der Waals surface area (Å²) in [7, 11) is 0. The summed E-state index contributed by atoms with van der Waals surface area (Å²) in [6.45, 7) is 4.38. The average molecular weight is 452 g/mol. The maximum atomic E-state index is 9.31. The van der Waals surface area contributed by atoms with Crippen LogP contribution in [0.4, 0.5) is 11.8 Å². The molecule has 0 aromatic carbocycles. The number of aliphatic hydroxyl groups excluding tert-OH is 1. The Bertz CT molecular complexity index is 787. The third-order valence-electron chi connectivity index (χ3n) is 5.66. The summed E-state index contributed by atoms with van der Waals surface area (Å²) in [5.41, 5.74) is 6.20. The maximum absolute atomic E-state index is 9.31. The Morgan fingerprint density at radius 1 is 1.43 bits per heavy atom. The van der Waals surface area contributed by atoms with Gasteiger partial charge in [-0.05, 0) is 44.4 Å². The van der Waals surface area contributed by atoms with Crippen molar-refractivity contribution in [3.05, 3.63) is 23.1 Å². The van der Waals surface area contributed by atoms with Gasteiger partial charge in [-0.3, -0.25) is 4.99 Å². The van der Waals surface area contributed by atoms with Crippen molar-refractivity contribution in [3.63, 3.8) is 0 Å². The van der Waals surface area contributed by atoms with Gasteiger partial charge in [-0.2, -0.15) is 4.98 Å². The van der Waals surface area contributed by atoms with Gasteiger partial charge in [0.1, 0.15) is 5.02 Å². The number of rotatable bonds is 9. The molecule has 3 aliphatic rings. The Hall–Kier alpha value is -1.55. The number of aliphatic hydroxyl groups is 1. The SMILES string of the molecule is CC(O)CN=CC(=CN)Nc1ncc(Cl)c(NC2CC3CN(SC4CC4)CC3C2)n1. The zero-order valence-electron chi connectivity index (χ0n) is 17.2. The molecule has 2 heterocycles. The number of nitrogens with zero attached hydrogens (tertiary/aromatic N) is 4. The van der Waals surface area contributed by atoms with Crippen LogP contribution in [0, 0.1) is 11.8 Å². The van der Waals surface area contributed by atoms with E-state index in [1.54, 1.807) is 19.3 Å². The van der Waals surface area contributed by atoms with E-state index < -0.39 is 6.10 Å².